The molecule has 2 aromatic carbocycles. The number of fused-ring (bicyclic) bond motifs is 1. The number of hydrogen-bond donors (Lipinski definition) is 2. The zero-order chi connectivity index (χ0) is 20.4. The van der Waals surface area contributed by atoms with Crippen molar-refractivity contribution in [3.8, 4) is 23.8 Å². The van der Waals surface area contributed by atoms with Crippen LogP contribution < -0.4 is 10.1 Å². The number of ether oxygens (including phenoxy) is 1. The molecule has 7 nitrogen and oxygen atoms in total. The first-order valence-electron chi connectivity index (χ1n) is 8.89. The predicted octanol–water partition coefficient (Wildman–Crippen LogP) is 4.85. The van der Waals surface area contributed by atoms with Gasteiger partial charge in [0.05, 0.1) is 28.8 Å². The number of H-pyrrole nitrogens is 1. The van der Waals surface area contributed by atoms with Gasteiger partial charge in [-0.2, -0.15) is 15.5 Å². The van der Waals surface area contributed by atoms with Crippen molar-refractivity contribution in [3.05, 3.63) is 70.9 Å². The van der Waals surface area contributed by atoms with Crippen molar-refractivity contribution >= 4 is 22.7 Å². The molecule has 0 bridgehead atoms. The summed E-state index contributed by atoms with van der Waals surface area (Å²) in [6.45, 7) is 3.79. The van der Waals surface area contributed by atoms with Crippen LogP contribution in [-0.4, -0.2) is 15.0 Å². The number of aryl methyl sites for hydroxylation is 2. The molecule has 0 aliphatic carbocycles. The summed E-state index contributed by atoms with van der Waals surface area (Å²) in [4.78, 5) is 12.1. The summed E-state index contributed by atoms with van der Waals surface area (Å²) in [5.74, 6) is 1.41. The highest BCUT2D eigenvalue weighted by Crippen LogP contribution is 2.33. The van der Waals surface area contributed by atoms with Gasteiger partial charge in [0.2, 0.25) is 11.8 Å². The highest BCUT2D eigenvalue weighted by molar-refractivity contribution is 5.82. The molecule has 4 rings (SSSR count). The zero-order valence-corrected chi connectivity index (χ0v) is 15.8. The Kier molecular flexibility index (Phi) is 4.56. The maximum atomic E-state index is 9.15. The first-order valence-corrected chi connectivity index (χ1v) is 8.89. The Bertz CT molecular complexity index is 1270. The van der Waals surface area contributed by atoms with Crippen molar-refractivity contribution in [2.75, 3.05) is 5.32 Å². The van der Waals surface area contributed by atoms with E-state index in [9.17, 15) is 0 Å². The van der Waals surface area contributed by atoms with Crippen LogP contribution in [0, 0.1) is 36.5 Å². The normalized spacial score (nSPS) is 10.3. The lowest BCUT2D eigenvalue weighted by Gasteiger charge is -2.13. The van der Waals surface area contributed by atoms with Crippen LogP contribution >= 0.6 is 0 Å². The first-order chi connectivity index (χ1) is 14.1. The zero-order valence-electron chi connectivity index (χ0n) is 15.8. The van der Waals surface area contributed by atoms with Gasteiger partial charge in [-0.3, -0.25) is 0 Å². The van der Waals surface area contributed by atoms with Crippen LogP contribution in [0.25, 0.3) is 11.0 Å². The van der Waals surface area contributed by atoms with Gasteiger partial charge in [0.1, 0.15) is 11.3 Å². The van der Waals surface area contributed by atoms with Gasteiger partial charge in [0.25, 0.3) is 0 Å². The largest absolute Gasteiger partial charge is 0.436 e. The van der Waals surface area contributed by atoms with E-state index in [2.05, 4.69) is 32.4 Å². The quantitative estimate of drug-likeness (QED) is 0.523. The highest BCUT2D eigenvalue weighted by atomic mass is 16.5. The molecule has 0 saturated heterocycles. The van der Waals surface area contributed by atoms with Gasteiger partial charge >= 0.3 is 0 Å². The fraction of sp³-hybridized carbons (Fsp3) is 0.0909. The second-order valence-electron chi connectivity index (χ2n) is 6.56. The lowest BCUT2D eigenvalue weighted by Crippen LogP contribution is -2.01. The lowest BCUT2D eigenvalue weighted by molar-refractivity contribution is 0.461. The minimum Gasteiger partial charge on any atom is -0.436 e. The summed E-state index contributed by atoms with van der Waals surface area (Å²) in [5, 5.41) is 21.2. The van der Waals surface area contributed by atoms with Crippen molar-refractivity contribution in [1.29, 1.82) is 10.5 Å². The Labute approximate surface area is 167 Å². The Morgan fingerprint density at radius 3 is 2.28 bits per heavy atom. The molecule has 7 heteroatoms. The summed E-state index contributed by atoms with van der Waals surface area (Å²) in [6.07, 6.45) is 1.77. The van der Waals surface area contributed by atoms with Crippen LogP contribution in [-0.2, 0) is 0 Å². The molecule has 0 unspecified atom stereocenters. The third kappa shape index (κ3) is 3.58. The molecular formula is C22H16N6O. The Morgan fingerprint density at radius 2 is 1.62 bits per heavy atom. The van der Waals surface area contributed by atoms with E-state index in [4.69, 9.17) is 15.3 Å². The standard InChI is InChI=1S/C22H16N6O/c1-13-9-16(12-24)10-14(2)20(13)29-21-19-18(7-8-25-19)27-22(28-21)26-17-5-3-15(11-23)4-6-17/h3-10,25H,1-2H3,(H,26,27,28). The monoisotopic (exact) mass is 380 g/mol. The molecule has 0 amide bonds. The average Bonchev–Trinajstić information content (AvgIpc) is 3.20. The number of hydrogen-bond acceptors (Lipinski definition) is 6. The third-order valence-corrected chi connectivity index (χ3v) is 4.43. The van der Waals surface area contributed by atoms with E-state index < -0.39 is 0 Å². The molecule has 0 aliphatic heterocycles. The second-order valence-corrected chi connectivity index (χ2v) is 6.56. The lowest BCUT2D eigenvalue weighted by atomic mass is 10.1. The topological polar surface area (TPSA) is 110 Å². The summed E-state index contributed by atoms with van der Waals surface area (Å²) >= 11 is 0. The van der Waals surface area contributed by atoms with Gasteiger partial charge in [-0.15, -0.1) is 0 Å². The summed E-state index contributed by atoms with van der Waals surface area (Å²) in [5.41, 5.74) is 5.00. The van der Waals surface area contributed by atoms with Crippen LogP contribution in [0.4, 0.5) is 11.6 Å². The molecule has 4 aromatic rings. The molecule has 2 aromatic heterocycles. The van der Waals surface area contributed by atoms with Crippen molar-refractivity contribution in [1.82, 2.24) is 15.0 Å². The van der Waals surface area contributed by atoms with Crippen molar-refractivity contribution in [2.45, 2.75) is 13.8 Å². The Balaban J connectivity index is 1.72. The molecule has 2 heterocycles. The van der Waals surface area contributed by atoms with Gasteiger partial charge < -0.3 is 15.0 Å². The van der Waals surface area contributed by atoms with Crippen molar-refractivity contribution in [3.63, 3.8) is 0 Å². The van der Waals surface area contributed by atoms with Crippen LogP contribution in [0.1, 0.15) is 22.3 Å². The molecule has 0 saturated carbocycles. The number of nitrogens with one attached hydrogen (secondary N) is 2. The molecule has 140 valence electrons. The summed E-state index contributed by atoms with van der Waals surface area (Å²) in [6, 6.07) is 16.7. The molecule has 0 atom stereocenters. The summed E-state index contributed by atoms with van der Waals surface area (Å²) < 4.78 is 6.15. The smallest absolute Gasteiger partial charge is 0.248 e. The third-order valence-electron chi connectivity index (χ3n) is 4.43. The number of aromatic nitrogens is 3. The van der Waals surface area contributed by atoms with E-state index in [0.29, 0.717) is 39.7 Å². The van der Waals surface area contributed by atoms with Gasteiger partial charge in [-0.1, -0.05) is 0 Å². The summed E-state index contributed by atoms with van der Waals surface area (Å²) in [7, 11) is 0. The number of anilines is 2. The van der Waals surface area contributed by atoms with Crippen molar-refractivity contribution in [2.24, 2.45) is 0 Å². The van der Waals surface area contributed by atoms with Gasteiger partial charge in [-0.05, 0) is 67.4 Å². The van der Waals surface area contributed by atoms with E-state index in [1.807, 2.05) is 19.9 Å². The molecule has 2 N–H and O–H groups in total. The van der Waals surface area contributed by atoms with E-state index in [1.165, 1.54) is 0 Å². The Hall–Kier alpha value is -4.36. The minimum atomic E-state index is 0.376. The fourth-order valence-corrected chi connectivity index (χ4v) is 3.08. The molecule has 0 fully saturated rings. The number of rotatable bonds is 4. The molecule has 0 aliphatic rings. The number of benzene rings is 2. The number of nitriles is 2. The molecular weight excluding hydrogens is 364 g/mol. The van der Waals surface area contributed by atoms with Crippen LogP contribution in [0.2, 0.25) is 0 Å². The van der Waals surface area contributed by atoms with Crippen LogP contribution in [0.3, 0.4) is 0 Å². The number of aromatic amines is 1. The van der Waals surface area contributed by atoms with Gasteiger partial charge in [0.15, 0.2) is 0 Å². The van der Waals surface area contributed by atoms with Gasteiger partial charge in [-0.25, -0.2) is 4.98 Å². The predicted molar refractivity (Wildman–Crippen MR) is 109 cm³/mol. The maximum absolute atomic E-state index is 9.15. The average molecular weight is 380 g/mol. The SMILES string of the molecule is Cc1cc(C#N)cc(C)c1Oc1nc(Nc2ccc(C#N)cc2)nc2cc[nH]c12. The van der Waals surface area contributed by atoms with E-state index in [-0.39, 0.29) is 0 Å². The minimum absolute atomic E-state index is 0.376. The first kappa shape index (κ1) is 18.0. The Morgan fingerprint density at radius 1 is 0.931 bits per heavy atom. The van der Waals surface area contributed by atoms with E-state index in [0.717, 1.165) is 16.8 Å². The van der Waals surface area contributed by atoms with Crippen molar-refractivity contribution < 1.29 is 4.74 Å². The van der Waals surface area contributed by atoms with Crippen LogP contribution in [0.15, 0.2) is 48.7 Å². The van der Waals surface area contributed by atoms with Gasteiger partial charge in [0, 0.05) is 11.9 Å². The van der Waals surface area contributed by atoms with E-state index >= 15 is 0 Å². The second kappa shape index (κ2) is 7.34. The highest BCUT2D eigenvalue weighted by Gasteiger charge is 2.14. The van der Waals surface area contributed by atoms with Crippen LogP contribution in [0.5, 0.6) is 11.6 Å². The fourth-order valence-electron chi connectivity index (χ4n) is 3.08. The molecule has 0 radical (unpaired) electrons. The molecule has 29 heavy (non-hydrogen) atoms. The maximum Gasteiger partial charge on any atom is 0.248 e. The van der Waals surface area contributed by atoms with E-state index in [1.54, 1.807) is 42.6 Å². The molecule has 0 spiro atoms. The number of nitrogens with zero attached hydrogens (tertiary/aromatic N) is 4.